The molecular formula is C44H81NO3. The zero-order valence-electron chi connectivity index (χ0n) is 33.3. The number of ether oxygens (including phenoxy) is 3. The van der Waals surface area contributed by atoms with Gasteiger partial charge in [0.1, 0.15) is 0 Å². The summed E-state index contributed by atoms with van der Waals surface area (Å²) in [6, 6.07) is 0.354. The number of likely N-dealkylation sites (N-methyl/N-ethyl adjacent to an activating group) is 1. The fourth-order valence-electron chi connectivity index (χ4n) is 11.1. The van der Waals surface area contributed by atoms with Gasteiger partial charge in [-0.3, -0.25) is 0 Å². The van der Waals surface area contributed by atoms with Crippen molar-refractivity contribution < 1.29 is 14.2 Å². The van der Waals surface area contributed by atoms with Crippen LogP contribution in [-0.4, -0.2) is 64.2 Å². The molecule has 4 rings (SSSR count). The van der Waals surface area contributed by atoms with Gasteiger partial charge >= 0.3 is 0 Å². The molecule has 48 heavy (non-hydrogen) atoms. The van der Waals surface area contributed by atoms with E-state index in [1.807, 2.05) is 0 Å². The largest absolute Gasteiger partial charge is 0.380 e. The Kier molecular flexibility index (Phi) is 16.8. The molecule has 3 fully saturated rings. The average molecular weight is 672 g/mol. The van der Waals surface area contributed by atoms with Crippen LogP contribution < -0.4 is 0 Å². The van der Waals surface area contributed by atoms with Crippen molar-refractivity contribution in [1.82, 2.24) is 4.90 Å². The Morgan fingerprint density at radius 3 is 2.15 bits per heavy atom. The van der Waals surface area contributed by atoms with Crippen LogP contribution in [0.4, 0.5) is 0 Å². The zero-order valence-corrected chi connectivity index (χ0v) is 33.3. The molecule has 0 saturated heterocycles. The Hall–Kier alpha value is -0.420. The third-order valence-electron chi connectivity index (χ3n) is 14.3. The SMILES string of the molecule is CCCCOC[C@@H](COCCCCCCCCOC1CC[C@@]2(C)C(=CC[C@H]3[C@@H]4CC[C@H]([C@H](C)CCCC(C)C)[C@@]4(C)CC[C@@H]32)C1)N(C)C. The highest BCUT2D eigenvalue weighted by Crippen LogP contribution is 2.67. The van der Waals surface area contributed by atoms with Gasteiger partial charge in [0.05, 0.1) is 25.4 Å². The van der Waals surface area contributed by atoms with Crippen molar-refractivity contribution in [2.75, 3.05) is 47.1 Å². The lowest BCUT2D eigenvalue weighted by atomic mass is 9.47. The molecule has 3 saturated carbocycles. The number of fused-ring (bicyclic) bond motifs is 5. The predicted molar refractivity (Wildman–Crippen MR) is 205 cm³/mol. The second-order valence-electron chi connectivity index (χ2n) is 18.3. The van der Waals surface area contributed by atoms with Gasteiger partial charge in [-0.2, -0.15) is 0 Å². The molecule has 0 amide bonds. The molecule has 0 N–H and O–H groups in total. The van der Waals surface area contributed by atoms with Gasteiger partial charge in [0.2, 0.25) is 0 Å². The van der Waals surface area contributed by atoms with Crippen molar-refractivity contribution >= 4 is 0 Å². The molecular weight excluding hydrogens is 590 g/mol. The average Bonchev–Trinajstić information content (AvgIpc) is 3.41. The van der Waals surface area contributed by atoms with Crippen molar-refractivity contribution in [2.24, 2.45) is 46.3 Å². The van der Waals surface area contributed by atoms with Crippen LogP contribution >= 0.6 is 0 Å². The molecule has 4 aliphatic rings. The van der Waals surface area contributed by atoms with Crippen molar-refractivity contribution in [3.8, 4) is 0 Å². The van der Waals surface area contributed by atoms with E-state index in [1.54, 1.807) is 5.57 Å². The lowest BCUT2D eigenvalue weighted by Gasteiger charge is -2.58. The highest BCUT2D eigenvalue weighted by molar-refractivity contribution is 5.25. The van der Waals surface area contributed by atoms with Crippen LogP contribution in [-0.2, 0) is 14.2 Å². The van der Waals surface area contributed by atoms with Gasteiger partial charge in [0, 0.05) is 19.8 Å². The number of hydrogen-bond acceptors (Lipinski definition) is 4. The van der Waals surface area contributed by atoms with Gasteiger partial charge < -0.3 is 19.1 Å². The van der Waals surface area contributed by atoms with Crippen molar-refractivity contribution in [3.05, 3.63) is 11.6 Å². The summed E-state index contributed by atoms with van der Waals surface area (Å²) < 4.78 is 18.4. The molecule has 0 aromatic carbocycles. The van der Waals surface area contributed by atoms with Crippen molar-refractivity contribution in [1.29, 1.82) is 0 Å². The first-order valence-corrected chi connectivity index (χ1v) is 21.2. The van der Waals surface area contributed by atoms with Crippen LogP contribution in [0.2, 0.25) is 0 Å². The molecule has 4 heteroatoms. The van der Waals surface area contributed by atoms with Crippen LogP contribution in [0.25, 0.3) is 0 Å². The van der Waals surface area contributed by atoms with E-state index in [9.17, 15) is 0 Å². The molecule has 0 spiro atoms. The summed E-state index contributed by atoms with van der Waals surface area (Å²) in [7, 11) is 4.25. The van der Waals surface area contributed by atoms with Crippen molar-refractivity contribution in [2.45, 2.75) is 176 Å². The minimum absolute atomic E-state index is 0.354. The molecule has 0 radical (unpaired) electrons. The van der Waals surface area contributed by atoms with E-state index < -0.39 is 0 Å². The second kappa shape index (κ2) is 20.0. The number of hydrogen-bond donors (Lipinski definition) is 0. The lowest BCUT2D eigenvalue weighted by Crippen LogP contribution is -2.51. The lowest BCUT2D eigenvalue weighted by molar-refractivity contribution is -0.0641. The number of rotatable bonds is 23. The van der Waals surface area contributed by atoms with Crippen molar-refractivity contribution in [3.63, 3.8) is 0 Å². The molecule has 4 nitrogen and oxygen atoms in total. The standard InChI is InChI=1S/C44H81NO3/c1-9-10-28-46-32-37(45(7)8)33-47-29-15-13-11-12-14-16-30-48-38-24-26-43(5)36(31-38)20-21-39-41-23-22-40(35(4)19-17-18-34(2)3)44(41,6)27-25-42(39)43/h20,34-35,37-42H,9-19,21-33H2,1-8H3/t35-,37+,38?,39+,40-,41+,42+,43+,44-/m1/s1. The van der Waals surface area contributed by atoms with E-state index in [-0.39, 0.29) is 0 Å². The van der Waals surface area contributed by atoms with Gasteiger partial charge in [-0.05, 0) is 131 Å². The first-order valence-electron chi connectivity index (χ1n) is 21.2. The van der Waals surface area contributed by atoms with Gasteiger partial charge in [-0.25, -0.2) is 0 Å². The Balaban J connectivity index is 1.09. The topological polar surface area (TPSA) is 30.9 Å². The summed E-state index contributed by atoms with van der Waals surface area (Å²) in [6.07, 6.45) is 28.6. The van der Waals surface area contributed by atoms with Crippen LogP contribution in [0.15, 0.2) is 11.6 Å². The monoisotopic (exact) mass is 672 g/mol. The molecule has 0 aromatic rings. The van der Waals surface area contributed by atoms with Crippen LogP contribution in [0.3, 0.4) is 0 Å². The van der Waals surface area contributed by atoms with E-state index in [1.165, 1.54) is 116 Å². The highest BCUT2D eigenvalue weighted by Gasteiger charge is 2.59. The molecule has 0 aromatic heterocycles. The van der Waals surface area contributed by atoms with Gasteiger partial charge in [-0.1, -0.05) is 105 Å². The summed E-state index contributed by atoms with van der Waals surface area (Å²) in [5.41, 5.74) is 2.81. The predicted octanol–water partition coefficient (Wildman–Crippen LogP) is 11.5. The number of unbranched alkanes of at least 4 members (excludes halogenated alkanes) is 6. The maximum Gasteiger partial charge on any atom is 0.0644 e. The molecule has 0 aliphatic heterocycles. The smallest absolute Gasteiger partial charge is 0.0644 e. The van der Waals surface area contributed by atoms with Crippen LogP contribution in [0, 0.1) is 46.3 Å². The van der Waals surface area contributed by atoms with Crippen LogP contribution in [0.1, 0.15) is 164 Å². The first-order chi connectivity index (χ1) is 23.1. The zero-order chi connectivity index (χ0) is 34.6. The van der Waals surface area contributed by atoms with E-state index >= 15 is 0 Å². The Bertz CT molecular complexity index is 932. The highest BCUT2D eigenvalue weighted by atomic mass is 16.5. The summed E-state index contributed by atoms with van der Waals surface area (Å²) in [6.45, 7) is 19.2. The van der Waals surface area contributed by atoms with E-state index in [0.29, 0.717) is 23.0 Å². The van der Waals surface area contributed by atoms with Gasteiger partial charge in [0.15, 0.2) is 0 Å². The molecule has 0 heterocycles. The summed E-state index contributed by atoms with van der Waals surface area (Å²) in [5, 5.41) is 0. The van der Waals surface area contributed by atoms with E-state index in [0.717, 1.165) is 75.0 Å². The maximum absolute atomic E-state index is 6.55. The fourth-order valence-corrected chi connectivity index (χ4v) is 11.1. The second-order valence-corrected chi connectivity index (χ2v) is 18.3. The number of nitrogens with zero attached hydrogens (tertiary/aromatic N) is 1. The molecule has 9 atom stereocenters. The normalized spacial score (nSPS) is 33.0. The first kappa shape index (κ1) is 40.4. The summed E-state index contributed by atoms with van der Waals surface area (Å²) in [5.74, 6) is 5.51. The third-order valence-corrected chi connectivity index (χ3v) is 14.3. The van der Waals surface area contributed by atoms with E-state index in [2.05, 4.69) is 66.6 Å². The summed E-state index contributed by atoms with van der Waals surface area (Å²) >= 11 is 0. The minimum Gasteiger partial charge on any atom is -0.380 e. The Morgan fingerprint density at radius 2 is 1.46 bits per heavy atom. The van der Waals surface area contributed by atoms with E-state index in [4.69, 9.17) is 14.2 Å². The Labute approximate surface area is 299 Å². The summed E-state index contributed by atoms with van der Waals surface area (Å²) in [4.78, 5) is 2.23. The quantitative estimate of drug-likeness (QED) is 0.0799. The van der Waals surface area contributed by atoms with Gasteiger partial charge in [0.25, 0.3) is 0 Å². The molecule has 1 unspecified atom stereocenters. The maximum atomic E-state index is 6.55. The molecule has 4 aliphatic carbocycles. The minimum atomic E-state index is 0.354. The van der Waals surface area contributed by atoms with Crippen LogP contribution in [0.5, 0.6) is 0 Å². The third kappa shape index (κ3) is 10.8. The van der Waals surface area contributed by atoms with Gasteiger partial charge in [-0.15, -0.1) is 0 Å². The number of allylic oxidation sites excluding steroid dienone is 1. The Morgan fingerprint density at radius 1 is 0.771 bits per heavy atom. The molecule has 280 valence electrons. The fraction of sp³-hybridized carbons (Fsp3) is 0.955. The molecule has 0 bridgehead atoms.